The second kappa shape index (κ2) is 7.23. The Balaban J connectivity index is 2.16. The first-order chi connectivity index (χ1) is 11.0. The number of nitrogens with one attached hydrogen (secondary N) is 1. The Morgan fingerprint density at radius 1 is 1.17 bits per heavy atom. The molecule has 0 saturated heterocycles. The van der Waals surface area contributed by atoms with Crippen molar-refractivity contribution in [2.24, 2.45) is 5.92 Å². The van der Waals surface area contributed by atoms with Gasteiger partial charge in [-0.2, -0.15) is 5.26 Å². The van der Waals surface area contributed by atoms with Crippen molar-refractivity contribution in [3.8, 4) is 11.8 Å². The number of ketones is 1. The van der Waals surface area contributed by atoms with E-state index in [1.807, 2.05) is 13.0 Å². The normalized spacial score (nSPS) is 11.2. The van der Waals surface area contributed by atoms with E-state index in [9.17, 15) is 14.9 Å². The van der Waals surface area contributed by atoms with Crippen LogP contribution >= 0.6 is 0 Å². The molecule has 0 aliphatic rings. The van der Waals surface area contributed by atoms with Crippen LogP contribution in [0.2, 0.25) is 0 Å². The molecule has 1 atom stereocenters. The quantitative estimate of drug-likeness (QED) is 0.680. The van der Waals surface area contributed by atoms with Crippen LogP contribution in [0.25, 0.3) is 0 Å². The zero-order chi connectivity index (χ0) is 16.8. The van der Waals surface area contributed by atoms with Crippen LogP contribution in [0.1, 0.15) is 15.9 Å². The summed E-state index contributed by atoms with van der Waals surface area (Å²) < 4.78 is 5.02. The minimum atomic E-state index is -1.40. The van der Waals surface area contributed by atoms with E-state index < -0.39 is 17.6 Å². The molecule has 5 heteroatoms. The molecule has 0 aromatic heterocycles. The topological polar surface area (TPSA) is 79.2 Å². The molecule has 0 aliphatic heterocycles. The van der Waals surface area contributed by atoms with E-state index in [0.717, 1.165) is 5.56 Å². The summed E-state index contributed by atoms with van der Waals surface area (Å²) in [5, 5.41) is 11.8. The van der Waals surface area contributed by atoms with Crippen molar-refractivity contribution in [2.45, 2.75) is 6.92 Å². The predicted octanol–water partition coefficient (Wildman–Crippen LogP) is 2.96. The Hall–Kier alpha value is -3.13. The number of ether oxygens (including phenoxy) is 1. The summed E-state index contributed by atoms with van der Waals surface area (Å²) in [6.45, 7) is 1.89. The number of Topliss-reactive ketones (excluding diaryl/α,β-unsaturated/α-hetero) is 1. The Morgan fingerprint density at radius 2 is 1.87 bits per heavy atom. The molecule has 1 amide bonds. The van der Waals surface area contributed by atoms with Gasteiger partial charge in [-0.3, -0.25) is 9.59 Å². The second-order valence-electron chi connectivity index (χ2n) is 5.01. The lowest BCUT2D eigenvalue weighted by Gasteiger charge is -2.10. The number of nitrogens with zero attached hydrogens (tertiary/aromatic N) is 1. The van der Waals surface area contributed by atoms with Crippen LogP contribution < -0.4 is 10.1 Å². The van der Waals surface area contributed by atoms with Gasteiger partial charge in [0.2, 0.25) is 5.91 Å². The summed E-state index contributed by atoms with van der Waals surface area (Å²) in [5.74, 6) is -1.98. The van der Waals surface area contributed by atoms with Gasteiger partial charge >= 0.3 is 0 Å². The molecule has 2 rings (SSSR count). The van der Waals surface area contributed by atoms with E-state index in [-0.39, 0.29) is 5.56 Å². The number of hydrogen-bond donors (Lipinski definition) is 1. The number of rotatable bonds is 5. The monoisotopic (exact) mass is 308 g/mol. The van der Waals surface area contributed by atoms with Gasteiger partial charge in [-0.05, 0) is 48.9 Å². The number of methoxy groups -OCH3 is 1. The molecule has 23 heavy (non-hydrogen) atoms. The van der Waals surface area contributed by atoms with Crippen molar-refractivity contribution in [3.63, 3.8) is 0 Å². The number of benzene rings is 2. The third-order valence-corrected chi connectivity index (χ3v) is 3.31. The smallest absolute Gasteiger partial charge is 0.249 e. The van der Waals surface area contributed by atoms with Crippen molar-refractivity contribution < 1.29 is 14.3 Å². The molecule has 0 radical (unpaired) electrons. The highest BCUT2D eigenvalue weighted by Gasteiger charge is 2.27. The van der Waals surface area contributed by atoms with Crippen LogP contribution in [-0.4, -0.2) is 18.8 Å². The molecule has 0 bridgehead atoms. The van der Waals surface area contributed by atoms with Gasteiger partial charge in [0, 0.05) is 11.3 Å². The van der Waals surface area contributed by atoms with Gasteiger partial charge in [-0.1, -0.05) is 12.1 Å². The number of nitriles is 1. The van der Waals surface area contributed by atoms with E-state index in [1.54, 1.807) is 36.4 Å². The Labute approximate surface area is 134 Å². The number of carbonyl (C=O) groups is 2. The fraction of sp³-hybridized carbons (Fsp3) is 0.167. The maximum atomic E-state index is 12.3. The lowest BCUT2D eigenvalue weighted by molar-refractivity contribution is -0.117. The van der Waals surface area contributed by atoms with Gasteiger partial charge < -0.3 is 10.1 Å². The first-order valence-corrected chi connectivity index (χ1v) is 7.00. The standard InChI is InChI=1S/C18H16N2O3/c1-12-4-3-5-14(10-12)20-18(22)16(11-19)17(21)13-6-8-15(23-2)9-7-13/h3-10,16H,1-2H3,(H,20,22). The van der Waals surface area contributed by atoms with Crippen molar-refractivity contribution >= 4 is 17.4 Å². The SMILES string of the molecule is COc1ccc(C(=O)C(C#N)C(=O)Nc2cccc(C)c2)cc1. The Morgan fingerprint density at radius 3 is 2.43 bits per heavy atom. The molecular formula is C18H16N2O3. The number of carbonyl (C=O) groups excluding carboxylic acids is 2. The van der Waals surface area contributed by atoms with Gasteiger partial charge in [-0.15, -0.1) is 0 Å². The molecule has 0 heterocycles. The van der Waals surface area contributed by atoms with E-state index >= 15 is 0 Å². The molecule has 0 fully saturated rings. The summed E-state index contributed by atoms with van der Waals surface area (Å²) >= 11 is 0. The molecule has 1 unspecified atom stereocenters. The van der Waals surface area contributed by atoms with Crippen LogP contribution in [0.4, 0.5) is 5.69 Å². The average molecular weight is 308 g/mol. The highest BCUT2D eigenvalue weighted by molar-refractivity contribution is 6.15. The van der Waals surface area contributed by atoms with Gasteiger partial charge in [0.05, 0.1) is 13.2 Å². The van der Waals surface area contributed by atoms with Crippen molar-refractivity contribution in [1.82, 2.24) is 0 Å². The maximum absolute atomic E-state index is 12.3. The maximum Gasteiger partial charge on any atom is 0.249 e. The minimum Gasteiger partial charge on any atom is -0.497 e. The molecule has 0 spiro atoms. The van der Waals surface area contributed by atoms with Gasteiger partial charge in [0.1, 0.15) is 5.75 Å². The van der Waals surface area contributed by atoms with E-state index in [0.29, 0.717) is 11.4 Å². The highest BCUT2D eigenvalue weighted by atomic mass is 16.5. The molecule has 2 aromatic carbocycles. The van der Waals surface area contributed by atoms with Crippen molar-refractivity contribution in [2.75, 3.05) is 12.4 Å². The van der Waals surface area contributed by atoms with Crippen LogP contribution in [0.5, 0.6) is 5.75 Å². The van der Waals surface area contributed by atoms with Crippen LogP contribution in [0, 0.1) is 24.2 Å². The van der Waals surface area contributed by atoms with E-state index in [4.69, 9.17) is 4.74 Å². The number of aryl methyl sites for hydroxylation is 1. The van der Waals surface area contributed by atoms with Gasteiger partial charge in [0.15, 0.2) is 11.7 Å². The Bertz CT molecular complexity index is 761. The second-order valence-corrected chi connectivity index (χ2v) is 5.01. The predicted molar refractivity (Wildman–Crippen MR) is 86.2 cm³/mol. The molecule has 0 aliphatic carbocycles. The zero-order valence-electron chi connectivity index (χ0n) is 12.9. The van der Waals surface area contributed by atoms with Crippen LogP contribution in [-0.2, 0) is 4.79 Å². The van der Waals surface area contributed by atoms with Crippen molar-refractivity contribution in [1.29, 1.82) is 5.26 Å². The summed E-state index contributed by atoms with van der Waals surface area (Å²) in [5.41, 5.74) is 1.81. The molecule has 0 saturated carbocycles. The van der Waals surface area contributed by atoms with Crippen LogP contribution in [0.3, 0.4) is 0 Å². The summed E-state index contributed by atoms with van der Waals surface area (Å²) in [4.78, 5) is 24.6. The zero-order valence-corrected chi connectivity index (χ0v) is 12.9. The first kappa shape index (κ1) is 16.2. The van der Waals surface area contributed by atoms with Gasteiger partial charge in [-0.25, -0.2) is 0 Å². The average Bonchev–Trinajstić information content (AvgIpc) is 2.55. The molecule has 5 nitrogen and oxygen atoms in total. The summed E-state index contributed by atoms with van der Waals surface area (Å²) in [7, 11) is 1.52. The van der Waals surface area contributed by atoms with Crippen molar-refractivity contribution in [3.05, 3.63) is 59.7 Å². The van der Waals surface area contributed by atoms with E-state index in [1.165, 1.54) is 19.2 Å². The first-order valence-electron chi connectivity index (χ1n) is 7.00. The molecule has 116 valence electrons. The van der Waals surface area contributed by atoms with Crippen LogP contribution in [0.15, 0.2) is 48.5 Å². The minimum absolute atomic E-state index is 0.289. The summed E-state index contributed by atoms with van der Waals surface area (Å²) in [6.07, 6.45) is 0. The van der Waals surface area contributed by atoms with Gasteiger partial charge in [0.25, 0.3) is 0 Å². The Kier molecular flexibility index (Phi) is 5.11. The molecular weight excluding hydrogens is 292 g/mol. The summed E-state index contributed by atoms with van der Waals surface area (Å²) in [6, 6.07) is 15.2. The lowest BCUT2D eigenvalue weighted by Crippen LogP contribution is -2.28. The number of hydrogen-bond acceptors (Lipinski definition) is 4. The molecule has 1 N–H and O–H groups in total. The van der Waals surface area contributed by atoms with E-state index in [2.05, 4.69) is 5.32 Å². The number of amides is 1. The fourth-order valence-corrected chi connectivity index (χ4v) is 2.10. The third-order valence-electron chi connectivity index (χ3n) is 3.31. The molecule has 2 aromatic rings. The fourth-order valence-electron chi connectivity index (χ4n) is 2.10. The lowest BCUT2D eigenvalue weighted by atomic mass is 9.98. The number of anilines is 1. The largest absolute Gasteiger partial charge is 0.497 e. The third kappa shape index (κ3) is 3.95. The highest BCUT2D eigenvalue weighted by Crippen LogP contribution is 2.17.